The molecule has 0 saturated carbocycles. The molecule has 0 radical (unpaired) electrons. The molecule has 0 saturated heterocycles. The number of allylic oxidation sites excluding steroid dienone is 7. The summed E-state index contributed by atoms with van der Waals surface area (Å²) in [5, 5.41) is 0. The summed E-state index contributed by atoms with van der Waals surface area (Å²) in [5.41, 5.74) is 12.4. The fraction of sp³-hybridized carbons (Fsp3) is 0.444. The summed E-state index contributed by atoms with van der Waals surface area (Å²) in [7, 11) is 0. The van der Waals surface area contributed by atoms with E-state index in [9.17, 15) is 0 Å². The van der Waals surface area contributed by atoms with Crippen LogP contribution in [0.1, 0.15) is 48.0 Å². The average Bonchev–Trinajstić information content (AvgIpc) is 2.36. The van der Waals surface area contributed by atoms with Crippen LogP contribution in [0.4, 0.5) is 0 Å². The maximum Gasteiger partial charge on any atom is 0.0289 e. The van der Waals surface area contributed by atoms with Crippen LogP contribution in [-0.4, -0.2) is 6.04 Å². The summed E-state index contributed by atoms with van der Waals surface area (Å²) in [4.78, 5) is 0. The summed E-state index contributed by atoms with van der Waals surface area (Å²) in [6.45, 7) is 16.5. The second-order valence-corrected chi connectivity index (χ2v) is 5.21. The van der Waals surface area contributed by atoms with Crippen LogP contribution in [0.2, 0.25) is 0 Å². The van der Waals surface area contributed by atoms with Crippen LogP contribution >= 0.6 is 0 Å². The fourth-order valence-electron chi connectivity index (χ4n) is 1.80. The van der Waals surface area contributed by atoms with Crippen LogP contribution in [0, 0.1) is 0 Å². The van der Waals surface area contributed by atoms with E-state index in [2.05, 4.69) is 52.5 Å². The van der Waals surface area contributed by atoms with E-state index in [1.807, 2.05) is 19.9 Å². The first-order valence-corrected chi connectivity index (χ1v) is 6.89. The van der Waals surface area contributed by atoms with E-state index >= 15 is 0 Å². The Hall–Kier alpha value is -1.34. The van der Waals surface area contributed by atoms with E-state index in [1.54, 1.807) is 0 Å². The van der Waals surface area contributed by atoms with Gasteiger partial charge in [-0.1, -0.05) is 42.0 Å². The SMILES string of the molecule is C=C(C)C(N)CC(=C(C)C)C(=C/C=C\C)/C(C)=C/C. The molecular formula is C18H29N. The molecule has 0 aliphatic heterocycles. The van der Waals surface area contributed by atoms with Gasteiger partial charge in [0.1, 0.15) is 0 Å². The van der Waals surface area contributed by atoms with E-state index in [-0.39, 0.29) is 6.04 Å². The molecule has 0 aromatic carbocycles. The third-order valence-electron chi connectivity index (χ3n) is 3.30. The van der Waals surface area contributed by atoms with E-state index in [4.69, 9.17) is 5.73 Å². The maximum atomic E-state index is 6.16. The van der Waals surface area contributed by atoms with Gasteiger partial charge in [-0.15, -0.1) is 0 Å². The fourth-order valence-corrected chi connectivity index (χ4v) is 1.80. The quantitative estimate of drug-likeness (QED) is 0.522. The van der Waals surface area contributed by atoms with Crippen molar-refractivity contribution in [2.24, 2.45) is 5.73 Å². The summed E-state index contributed by atoms with van der Waals surface area (Å²) in [6.07, 6.45) is 9.28. The monoisotopic (exact) mass is 259 g/mol. The molecule has 1 heteroatoms. The highest BCUT2D eigenvalue weighted by Crippen LogP contribution is 2.27. The highest BCUT2D eigenvalue weighted by atomic mass is 14.6. The Bertz CT molecular complexity index is 427. The normalized spacial score (nSPS) is 14.7. The molecule has 0 bridgehead atoms. The molecule has 0 heterocycles. The average molecular weight is 259 g/mol. The Kier molecular flexibility index (Phi) is 8.09. The molecule has 0 aromatic rings. The van der Waals surface area contributed by atoms with Crippen molar-refractivity contribution in [1.82, 2.24) is 0 Å². The van der Waals surface area contributed by atoms with Gasteiger partial charge in [0, 0.05) is 6.04 Å². The minimum atomic E-state index is 0.0172. The van der Waals surface area contributed by atoms with E-state index in [0.717, 1.165) is 12.0 Å². The molecule has 1 nitrogen and oxygen atoms in total. The third-order valence-corrected chi connectivity index (χ3v) is 3.30. The van der Waals surface area contributed by atoms with E-state index in [0.29, 0.717) is 0 Å². The van der Waals surface area contributed by atoms with Gasteiger partial charge < -0.3 is 5.73 Å². The predicted molar refractivity (Wildman–Crippen MR) is 88.1 cm³/mol. The Balaban J connectivity index is 5.58. The van der Waals surface area contributed by atoms with E-state index in [1.165, 1.54) is 22.3 Å². The molecule has 0 fully saturated rings. The zero-order valence-electron chi connectivity index (χ0n) is 13.4. The maximum absolute atomic E-state index is 6.16. The van der Waals surface area contributed by atoms with Crippen LogP contribution in [0.25, 0.3) is 0 Å². The first kappa shape index (κ1) is 17.7. The second kappa shape index (κ2) is 8.71. The van der Waals surface area contributed by atoms with Gasteiger partial charge in [-0.3, -0.25) is 0 Å². The van der Waals surface area contributed by atoms with Gasteiger partial charge in [-0.05, 0) is 64.7 Å². The molecule has 0 rings (SSSR count). The smallest absolute Gasteiger partial charge is 0.0289 e. The van der Waals surface area contributed by atoms with Gasteiger partial charge in [0.25, 0.3) is 0 Å². The number of nitrogens with two attached hydrogens (primary N) is 1. The molecular weight excluding hydrogens is 230 g/mol. The van der Waals surface area contributed by atoms with Crippen LogP contribution in [0.5, 0.6) is 0 Å². The molecule has 0 spiro atoms. The molecule has 0 aromatic heterocycles. The van der Waals surface area contributed by atoms with Crippen molar-refractivity contribution < 1.29 is 0 Å². The summed E-state index contributed by atoms with van der Waals surface area (Å²) >= 11 is 0. The topological polar surface area (TPSA) is 26.0 Å². The van der Waals surface area contributed by atoms with Gasteiger partial charge in [0.2, 0.25) is 0 Å². The molecule has 1 atom stereocenters. The second-order valence-electron chi connectivity index (χ2n) is 5.21. The molecule has 1 unspecified atom stereocenters. The summed E-state index contributed by atoms with van der Waals surface area (Å²) in [5.74, 6) is 0. The Morgan fingerprint density at radius 2 is 1.74 bits per heavy atom. The Morgan fingerprint density at radius 3 is 2.11 bits per heavy atom. The molecule has 0 aliphatic carbocycles. The lowest BCUT2D eigenvalue weighted by molar-refractivity contribution is 0.758. The molecule has 2 N–H and O–H groups in total. The lowest BCUT2D eigenvalue weighted by atomic mass is 9.88. The van der Waals surface area contributed by atoms with Crippen molar-refractivity contribution >= 4 is 0 Å². The van der Waals surface area contributed by atoms with Crippen molar-refractivity contribution in [3.8, 4) is 0 Å². The van der Waals surface area contributed by atoms with Crippen molar-refractivity contribution in [2.75, 3.05) is 0 Å². The van der Waals surface area contributed by atoms with E-state index < -0.39 is 0 Å². The van der Waals surface area contributed by atoms with Gasteiger partial charge in [0.15, 0.2) is 0 Å². The van der Waals surface area contributed by atoms with Gasteiger partial charge in [-0.2, -0.15) is 0 Å². The van der Waals surface area contributed by atoms with Crippen LogP contribution in [0.15, 0.2) is 58.7 Å². The molecule has 0 amide bonds. The van der Waals surface area contributed by atoms with Crippen molar-refractivity contribution in [2.45, 2.75) is 54.0 Å². The Labute approximate surface area is 119 Å². The molecule has 19 heavy (non-hydrogen) atoms. The number of hydrogen-bond acceptors (Lipinski definition) is 1. The standard InChI is InChI=1S/C18H29N/c1-8-10-11-16(15(7)9-2)17(13(3)4)12-18(19)14(5)6/h8-11,18H,5,12,19H2,1-4,6-7H3/b10-8-,15-9+,16-11+. The number of rotatable bonds is 6. The van der Waals surface area contributed by atoms with Crippen molar-refractivity contribution in [3.05, 3.63) is 58.7 Å². The summed E-state index contributed by atoms with van der Waals surface area (Å²) < 4.78 is 0. The van der Waals surface area contributed by atoms with Crippen LogP contribution in [-0.2, 0) is 0 Å². The third kappa shape index (κ3) is 5.89. The number of hydrogen-bond donors (Lipinski definition) is 1. The summed E-state index contributed by atoms with van der Waals surface area (Å²) in [6, 6.07) is 0.0172. The minimum Gasteiger partial charge on any atom is -0.324 e. The zero-order chi connectivity index (χ0) is 15.0. The predicted octanol–water partition coefficient (Wildman–Crippen LogP) is 5.09. The first-order valence-electron chi connectivity index (χ1n) is 6.89. The van der Waals surface area contributed by atoms with Crippen LogP contribution in [0.3, 0.4) is 0 Å². The highest BCUT2D eigenvalue weighted by molar-refractivity contribution is 5.49. The zero-order valence-corrected chi connectivity index (χ0v) is 13.4. The lowest BCUT2D eigenvalue weighted by Gasteiger charge is -2.19. The van der Waals surface area contributed by atoms with Crippen LogP contribution < -0.4 is 5.73 Å². The molecule has 0 aliphatic rings. The highest BCUT2D eigenvalue weighted by Gasteiger charge is 2.13. The minimum absolute atomic E-state index is 0.0172. The lowest BCUT2D eigenvalue weighted by Crippen LogP contribution is -2.22. The van der Waals surface area contributed by atoms with Gasteiger partial charge >= 0.3 is 0 Å². The largest absolute Gasteiger partial charge is 0.324 e. The van der Waals surface area contributed by atoms with Crippen molar-refractivity contribution in [1.29, 1.82) is 0 Å². The van der Waals surface area contributed by atoms with Gasteiger partial charge in [0.05, 0.1) is 0 Å². The Morgan fingerprint density at radius 1 is 1.16 bits per heavy atom. The van der Waals surface area contributed by atoms with Crippen molar-refractivity contribution in [3.63, 3.8) is 0 Å². The van der Waals surface area contributed by atoms with Gasteiger partial charge in [-0.25, -0.2) is 0 Å². The molecule has 106 valence electrons. The first-order chi connectivity index (χ1) is 8.84.